The van der Waals surface area contributed by atoms with Gasteiger partial charge in [0.15, 0.2) is 0 Å². The molecule has 5 rings (SSSR count). The van der Waals surface area contributed by atoms with Crippen molar-refractivity contribution in [2.75, 3.05) is 20.2 Å². The van der Waals surface area contributed by atoms with Crippen molar-refractivity contribution in [3.05, 3.63) is 95.6 Å². The zero-order chi connectivity index (χ0) is 24.3. The average Bonchev–Trinajstić information content (AvgIpc) is 2.89. The molecule has 1 heterocycles. The highest BCUT2D eigenvalue weighted by Gasteiger charge is 2.52. The summed E-state index contributed by atoms with van der Waals surface area (Å²) in [6, 6.07) is 18.2. The lowest BCUT2D eigenvalue weighted by Gasteiger charge is -2.58. The quantitative estimate of drug-likeness (QED) is 0.291. The second-order valence-corrected chi connectivity index (χ2v) is 11.0. The maximum absolute atomic E-state index is 6.22. The predicted molar refractivity (Wildman–Crippen MR) is 148 cm³/mol. The van der Waals surface area contributed by atoms with Crippen LogP contribution in [-0.2, 0) is 11.8 Å². The lowest BCUT2D eigenvalue weighted by atomic mass is 9.52. The van der Waals surface area contributed by atoms with Crippen LogP contribution in [-0.4, -0.2) is 31.1 Å². The molecule has 0 amide bonds. The summed E-state index contributed by atoms with van der Waals surface area (Å²) in [5.41, 5.74) is 7.42. The van der Waals surface area contributed by atoms with Crippen LogP contribution in [0.5, 0.6) is 5.75 Å². The molecule has 0 spiro atoms. The number of fused-ring (bicyclic) bond motifs is 1. The summed E-state index contributed by atoms with van der Waals surface area (Å²) < 4.78 is 6.22. The van der Waals surface area contributed by atoms with Crippen LogP contribution in [0.3, 0.4) is 0 Å². The number of hydrogen-bond donors (Lipinski definition) is 0. The van der Waals surface area contributed by atoms with E-state index in [2.05, 4.69) is 86.1 Å². The minimum absolute atomic E-state index is 0.426. The van der Waals surface area contributed by atoms with Crippen LogP contribution in [0.1, 0.15) is 68.6 Å². The molecule has 3 aliphatic rings. The molecule has 184 valence electrons. The highest BCUT2D eigenvalue weighted by atomic mass is 16.5. The summed E-state index contributed by atoms with van der Waals surface area (Å²) in [4.78, 5) is 2.64. The maximum Gasteiger partial charge on any atom is 0.120 e. The largest absolute Gasteiger partial charge is 0.490 e. The van der Waals surface area contributed by atoms with E-state index in [4.69, 9.17) is 4.74 Å². The van der Waals surface area contributed by atoms with Gasteiger partial charge in [0.2, 0.25) is 0 Å². The Labute approximate surface area is 212 Å². The lowest BCUT2D eigenvalue weighted by Crippen LogP contribution is -2.59. The van der Waals surface area contributed by atoms with Crippen molar-refractivity contribution in [1.29, 1.82) is 0 Å². The first-order valence-electron chi connectivity index (χ1n) is 13.6. The van der Waals surface area contributed by atoms with E-state index in [-0.39, 0.29) is 0 Å². The van der Waals surface area contributed by atoms with Gasteiger partial charge in [-0.3, -0.25) is 0 Å². The monoisotopic (exact) mass is 467 g/mol. The Hall–Kier alpha value is -2.58. The van der Waals surface area contributed by atoms with Crippen molar-refractivity contribution >= 4 is 5.57 Å². The molecule has 0 aromatic heterocycles. The van der Waals surface area contributed by atoms with E-state index in [9.17, 15) is 0 Å². The zero-order valence-electron chi connectivity index (χ0n) is 21.6. The Morgan fingerprint density at radius 3 is 2.80 bits per heavy atom. The molecule has 0 N–H and O–H groups in total. The molecule has 3 atom stereocenters. The van der Waals surface area contributed by atoms with E-state index in [0.29, 0.717) is 18.1 Å². The Balaban J connectivity index is 1.21. The van der Waals surface area contributed by atoms with Gasteiger partial charge < -0.3 is 9.64 Å². The third kappa shape index (κ3) is 4.91. The topological polar surface area (TPSA) is 12.5 Å². The van der Waals surface area contributed by atoms with Crippen molar-refractivity contribution < 1.29 is 4.74 Å². The summed E-state index contributed by atoms with van der Waals surface area (Å²) in [7, 11) is 2.34. The average molecular weight is 468 g/mol. The number of rotatable bonds is 8. The van der Waals surface area contributed by atoms with Gasteiger partial charge in [-0.05, 0) is 105 Å². The maximum atomic E-state index is 6.22. The molecule has 0 radical (unpaired) electrons. The first-order chi connectivity index (χ1) is 17.1. The fourth-order valence-corrected chi connectivity index (χ4v) is 7.08. The van der Waals surface area contributed by atoms with Gasteiger partial charge in [0.1, 0.15) is 12.4 Å². The van der Waals surface area contributed by atoms with E-state index < -0.39 is 0 Å². The summed E-state index contributed by atoms with van der Waals surface area (Å²) in [6.45, 7) is 8.08. The highest BCUT2D eigenvalue weighted by Crippen LogP contribution is 2.55. The molecule has 1 aliphatic heterocycles. The number of ether oxygens (including phenoxy) is 1. The van der Waals surface area contributed by atoms with Crippen LogP contribution in [0.4, 0.5) is 0 Å². The van der Waals surface area contributed by atoms with E-state index in [1.807, 2.05) is 6.08 Å². The zero-order valence-corrected chi connectivity index (χ0v) is 21.6. The summed E-state index contributed by atoms with van der Waals surface area (Å²) >= 11 is 0. The summed E-state index contributed by atoms with van der Waals surface area (Å²) in [6.07, 6.45) is 16.6. The van der Waals surface area contributed by atoms with Crippen molar-refractivity contribution in [3.63, 3.8) is 0 Å². The molecule has 1 saturated heterocycles. The van der Waals surface area contributed by atoms with E-state index in [1.165, 1.54) is 61.8 Å². The van der Waals surface area contributed by atoms with Gasteiger partial charge in [0.05, 0.1) is 0 Å². The minimum Gasteiger partial charge on any atom is -0.490 e. The Morgan fingerprint density at radius 1 is 1.11 bits per heavy atom. The molecule has 2 fully saturated rings. The van der Waals surface area contributed by atoms with Crippen molar-refractivity contribution in [3.8, 4) is 5.75 Å². The number of benzene rings is 2. The van der Waals surface area contributed by atoms with Crippen LogP contribution in [0.15, 0.2) is 78.9 Å². The smallest absolute Gasteiger partial charge is 0.120 e. The third-order valence-electron chi connectivity index (χ3n) is 8.99. The van der Waals surface area contributed by atoms with Gasteiger partial charge in [-0.1, -0.05) is 73.5 Å². The molecule has 2 nitrogen and oxygen atoms in total. The first-order valence-corrected chi connectivity index (χ1v) is 13.6. The molecule has 1 saturated carbocycles. The molecule has 2 aromatic rings. The van der Waals surface area contributed by atoms with Crippen LogP contribution < -0.4 is 4.74 Å². The van der Waals surface area contributed by atoms with Crippen LogP contribution in [0, 0.1) is 5.92 Å². The molecular weight excluding hydrogens is 426 g/mol. The molecule has 35 heavy (non-hydrogen) atoms. The predicted octanol–water partition coefficient (Wildman–Crippen LogP) is 7.75. The number of likely N-dealkylation sites (tertiary alicyclic amines) is 1. The Kier molecular flexibility index (Phi) is 7.29. The van der Waals surface area contributed by atoms with Crippen LogP contribution >= 0.6 is 0 Å². The minimum atomic E-state index is 0.426. The molecule has 2 aliphatic carbocycles. The van der Waals surface area contributed by atoms with Gasteiger partial charge >= 0.3 is 0 Å². The second-order valence-electron chi connectivity index (χ2n) is 11.0. The Bertz CT molecular complexity index is 1100. The van der Waals surface area contributed by atoms with E-state index in [0.717, 1.165) is 24.5 Å². The SMILES string of the molecule is C=C/C(=C/CC/C(C)=C/COc1ccc2c(c1)CC1C3CCCCC23CCN1C)c1ccccc1. The molecule has 2 heteroatoms. The van der Waals surface area contributed by atoms with Crippen LogP contribution in [0.2, 0.25) is 0 Å². The lowest BCUT2D eigenvalue weighted by molar-refractivity contribution is 0.00278. The third-order valence-corrected chi connectivity index (χ3v) is 8.99. The molecule has 2 bridgehead atoms. The number of allylic oxidation sites excluding steroid dienone is 4. The van der Waals surface area contributed by atoms with Gasteiger partial charge in [0.25, 0.3) is 0 Å². The second kappa shape index (κ2) is 10.6. The standard InChI is InChI=1S/C33H41NO/c1-4-26(27-12-6-5-7-13-27)14-10-11-25(2)18-22-35-29-16-17-30-28(23-29)24-32-31-15-8-9-19-33(30,31)20-21-34(32)3/h4-7,12-14,16-18,23,31-32H,1,8-11,15,19-22,24H2,2-3H3/b25-18+,26-14-. The molecule has 3 unspecified atom stereocenters. The van der Waals surface area contributed by atoms with Gasteiger partial charge in [-0.2, -0.15) is 0 Å². The number of hydrogen-bond acceptors (Lipinski definition) is 2. The fourth-order valence-electron chi connectivity index (χ4n) is 7.08. The van der Waals surface area contributed by atoms with Crippen LogP contribution in [0.25, 0.3) is 5.57 Å². The van der Waals surface area contributed by atoms with Crippen molar-refractivity contribution in [2.45, 2.75) is 69.7 Å². The van der Waals surface area contributed by atoms with Crippen molar-refractivity contribution in [2.24, 2.45) is 5.92 Å². The summed E-state index contributed by atoms with van der Waals surface area (Å²) in [5, 5.41) is 0. The van der Waals surface area contributed by atoms with Crippen molar-refractivity contribution in [1.82, 2.24) is 4.90 Å². The van der Waals surface area contributed by atoms with E-state index >= 15 is 0 Å². The molecule has 2 aromatic carbocycles. The van der Waals surface area contributed by atoms with Gasteiger partial charge in [-0.15, -0.1) is 0 Å². The first kappa shape index (κ1) is 24.1. The van der Waals surface area contributed by atoms with E-state index in [1.54, 1.807) is 11.1 Å². The molecular formula is C33H41NO. The summed E-state index contributed by atoms with van der Waals surface area (Å²) in [5.74, 6) is 1.87. The Morgan fingerprint density at radius 2 is 1.97 bits per heavy atom. The fraction of sp³-hybridized carbons (Fsp3) is 0.455. The number of piperidine rings is 1. The highest BCUT2D eigenvalue weighted by molar-refractivity contribution is 5.73. The normalized spacial score (nSPS) is 26.6. The van der Waals surface area contributed by atoms with Gasteiger partial charge in [0, 0.05) is 11.5 Å². The number of nitrogens with zero attached hydrogens (tertiary/aromatic N) is 1. The van der Waals surface area contributed by atoms with Gasteiger partial charge in [-0.25, -0.2) is 0 Å². The number of likely N-dealkylation sites (N-methyl/N-ethyl adjacent to an activating group) is 1.